The summed E-state index contributed by atoms with van der Waals surface area (Å²) in [7, 11) is 0. The molecule has 0 radical (unpaired) electrons. The molecule has 3 rings (SSSR count). The van der Waals surface area contributed by atoms with Gasteiger partial charge in [0, 0.05) is 37.4 Å². The fourth-order valence-corrected chi connectivity index (χ4v) is 3.70. The molecule has 0 aliphatic carbocycles. The highest BCUT2D eigenvalue weighted by Crippen LogP contribution is 2.39. The van der Waals surface area contributed by atoms with E-state index < -0.39 is 0 Å². The van der Waals surface area contributed by atoms with Crippen LogP contribution in [0.1, 0.15) is 55.4 Å². The van der Waals surface area contributed by atoms with Crippen LogP contribution >= 0.6 is 0 Å². The van der Waals surface area contributed by atoms with Gasteiger partial charge in [-0.25, -0.2) is 9.97 Å². The van der Waals surface area contributed by atoms with E-state index in [1.165, 1.54) is 0 Å². The van der Waals surface area contributed by atoms with Crippen LogP contribution in [0.3, 0.4) is 0 Å². The predicted octanol–water partition coefficient (Wildman–Crippen LogP) is 4.49. The highest BCUT2D eigenvalue weighted by Gasteiger charge is 2.26. The van der Waals surface area contributed by atoms with Crippen molar-refractivity contribution >= 4 is 28.8 Å². The zero-order chi connectivity index (χ0) is 20.3. The predicted molar refractivity (Wildman–Crippen MR) is 116 cm³/mol. The molecule has 0 spiro atoms. The van der Waals surface area contributed by atoms with Gasteiger partial charge in [0.15, 0.2) is 17.4 Å². The van der Waals surface area contributed by atoms with Crippen molar-refractivity contribution in [1.82, 2.24) is 9.97 Å². The van der Waals surface area contributed by atoms with E-state index >= 15 is 0 Å². The second kappa shape index (κ2) is 8.59. The van der Waals surface area contributed by atoms with Crippen LogP contribution < -0.4 is 15.1 Å². The van der Waals surface area contributed by atoms with Gasteiger partial charge in [0.25, 0.3) is 0 Å². The van der Waals surface area contributed by atoms with E-state index in [0.717, 1.165) is 79.0 Å². The molecule has 1 aliphatic rings. The minimum absolute atomic E-state index is 0.0883. The van der Waals surface area contributed by atoms with Gasteiger partial charge in [-0.1, -0.05) is 13.3 Å². The summed E-state index contributed by atoms with van der Waals surface area (Å²) in [6.07, 6.45) is 2.30. The van der Waals surface area contributed by atoms with Crippen LogP contribution in [-0.2, 0) is 0 Å². The third-order valence-electron chi connectivity index (χ3n) is 5.23. The van der Waals surface area contributed by atoms with E-state index in [1.54, 1.807) is 6.92 Å². The average molecular weight is 382 g/mol. The molecule has 150 valence electrons. The van der Waals surface area contributed by atoms with E-state index in [4.69, 9.17) is 9.97 Å². The number of hydrogen-bond acceptors (Lipinski definition) is 6. The number of rotatable bonds is 7. The second-order valence-corrected chi connectivity index (χ2v) is 7.36. The molecule has 1 aliphatic heterocycles. The monoisotopic (exact) mass is 381 g/mol. The summed E-state index contributed by atoms with van der Waals surface area (Å²) in [5.41, 5.74) is 3.92. The number of fused-ring (bicyclic) bond motifs is 1. The summed E-state index contributed by atoms with van der Waals surface area (Å²) in [6, 6.07) is 5.90. The van der Waals surface area contributed by atoms with Crippen LogP contribution in [0, 0.1) is 13.8 Å². The number of carbonyl (C=O) groups excluding carboxylic acids is 1. The van der Waals surface area contributed by atoms with Crippen LogP contribution in [0.5, 0.6) is 0 Å². The van der Waals surface area contributed by atoms with Crippen LogP contribution in [0.15, 0.2) is 18.2 Å². The number of aryl methyl sites for hydroxylation is 2. The van der Waals surface area contributed by atoms with Crippen molar-refractivity contribution in [2.45, 2.75) is 47.5 Å². The van der Waals surface area contributed by atoms with E-state index in [9.17, 15) is 4.79 Å². The molecule has 0 saturated carbocycles. The molecule has 0 amide bonds. The van der Waals surface area contributed by atoms with Gasteiger partial charge in [-0.2, -0.15) is 0 Å². The highest BCUT2D eigenvalue weighted by atomic mass is 16.1. The molecule has 0 unspecified atom stereocenters. The van der Waals surface area contributed by atoms with Crippen molar-refractivity contribution in [2.24, 2.45) is 0 Å². The van der Waals surface area contributed by atoms with Gasteiger partial charge in [-0.3, -0.25) is 4.79 Å². The molecule has 0 atom stereocenters. The standard InChI is InChI=1S/C22H31N5O/c1-6-8-12-26(7-2)21-20-22(25-17(5)24-21)27(13-11-23-20)19-10-9-18(16(4)28)14-15(19)3/h9-10,14,23H,6-8,11-13H2,1-5H3. The van der Waals surface area contributed by atoms with E-state index in [-0.39, 0.29) is 5.78 Å². The molecular formula is C22H31N5O. The molecule has 0 saturated heterocycles. The first-order chi connectivity index (χ1) is 13.5. The minimum atomic E-state index is 0.0883. The Labute approximate surface area is 168 Å². The van der Waals surface area contributed by atoms with Gasteiger partial charge >= 0.3 is 0 Å². The van der Waals surface area contributed by atoms with Gasteiger partial charge in [-0.15, -0.1) is 0 Å². The molecule has 0 bridgehead atoms. The number of aromatic nitrogens is 2. The quantitative estimate of drug-likeness (QED) is 0.713. The average Bonchev–Trinajstić information content (AvgIpc) is 2.68. The number of nitrogens with one attached hydrogen (secondary N) is 1. The van der Waals surface area contributed by atoms with Crippen LogP contribution in [0.25, 0.3) is 0 Å². The van der Waals surface area contributed by atoms with E-state index in [1.807, 2.05) is 25.1 Å². The molecule has 1 aromatic carbocycles. The lowest BCUT2D eigenvalue weighted by Crippen LogP contribution is -2.34. The van der Waals surface area contributed by atoms with Crippen molar-refractivity contribution in [3.05, 3.63) is 35.2 Å². The Balaban J connectivity index is 2.06. The summed E-state index contributed by atoms with van der Waals surface area (Å²) in [5, 5.41) is 3.54. The van der Waals surface area contributed by atoms with Crippen LogP contribution in [-0.4, -0.2) is 41.9 Å². The van der Waals surface area contributed by atoms with Gasteiger partial charge in [0.05, 0.1) is 0 Å². The zero-order valence-electron chi connectivity index (χ0n) is 17.7. The number of anilines is 4. The zero-order valence-corrected chi connectivity index (χ0v) is 17.7. The Kier molecular flexibility index (Phi) is 6.17. The van der Waals surface area contributed by atoms with Crippen molar-refractivity contribution in [2.75, 3.05) is 41.3 Å². The number of unbranched alkanes of at least 4 members (excludes halogenated alkanes) is 1. The van der Waals surface area contributed by atoms with Crippen molar-refractivity contribution < 1.29 is 4.79 Å². The second-order valence-electron chi connectivity index (χ2n) is 7.36. The smallest absolute Gasteiger partial charge is 0.162 e. The highest BCUT2D eigenvalue weighted by molar-refractivity contribution is 5.95. The first-order valence-corrected chi connectivity index (χ1v) is 10.2. The minimum Gasteiger partial charge on any atom is -0.377 e. The van der Waals surface area contributed by atoms with Crippen molar-refractivity contribution in [1.29, 1.82) is 0 Å². The Morgan fingerprint density at radius 1 is 1.25 bits per heavy atom. The van der Waals surface area contributed by atoms with Gasteiger partial charge in [0.2, 0.25) is 0 Å². The molecule has 1 aromatic heterocycles. The van der Waals surface area contributed by atoms with Gasteiger partial charge in [-0.05, 0) is 57.9 Å². The summed E-state index contributed by atoms with van der Waals surface area (Å²) in [5.74, 6) is 2.77. The fraction of sp³-hybridized carbons (Fsp3) is 0.500. The SMILES string of the molecule is CCCCN(CC)c1nc(C)nc2c1NCCN2c1ccc(C(C)=O)cc1C. The maximum absolute atomic E-state index is 11.7. The Morgan fingerprint density at radius 2 is 2.04 bits per heavy atom. The number of nitrogens with zero attached hydrogens (tertiary/aromatic N) is 4. The molecule has 6 nitrogen and oxygen atoms in total. The molecule has 2 aromatic rings. The van der Waals surface area contributed by atoms with Crippen molar-refractivity contribution in [3.8, 4) is 0 Å². The summed E-state index contributed by atoms with van der Waals surface area (Å²) >= 11 is 0. The number of hydrogen-bond donors (Lipinski definition) is 1. The van der Waals surface area contributed by atoms with E-state index in [2.05, 4.69) is 35.9 Å². The van der Waals surface area contributed by atoms with Gasteiger partial charge < -0.3 is 15.1 Å². The fourth-order valence-electron chi connectivity index (χ4n) is 3.70. The first-order valence-electron chi connectivity index (χ1n) is 10.2. The Hall–Kier alpha value is -2.63. The van der Waals surface area contributed by atoms with Crippen LogP contribution in [0.2, 0.25) is 0 Å². The summed E-state index contributed by atoms with van der Waals surface area (Å²) in [6.45, 7) is 13.5. The largest absolute Gasteiger partial charge is 0.377 e. The Bertz CT molecular complexity index is 864. The Morgan fingerprint density at radius 3 is 2.68 bits per heavy atom. The maximum atomic E-state index is 11.7. The summed E-state index contributed by atoms with van der Waals surface area (Å²) < 4.78 is 0. The third kappa shape index (κ3) is 3.96. The van der Waals surface area contributed by atoms with Gasteiger partial charge in [0.1, 0.15) is 11.5 Å². The van der Waals surface area contributed by atoms with Crippen molar-refractivity contribution in [3.63, 3.8) is 0 Å². The normalized spacial score (nSPS) is 13.1. The number of ketones is 1. The molecule has 1 N–H and O–H groups in total. The van der Waals surface area contributed by atoms with E-state index in [0.29, 0.717) is 0 Å². The number of benzene rings is 1. The number of Topliss-reactive ketones (excluding diaryl/α,β-unsaturated/α-hetero) is 1. The summed E-state index contributed by atoms with van der Waals surface area (Å²) in [4.78, 5) is 25.9. The lowest BCUT2D eigenvalue weighted by Gasteiger charge is -2.35. The molecule has 2 heterocycles. The lowest BCUT2D eigenvalue weighted by molar-refractivity contribution is 0.101. The van der Waals surface area contributed by atoms with Crippen LogP contribution in [0.4, 0.5) is 23.0 Å². The lowest BCUT2D eigenvalue weighted by atomic mass is 10.1. The third-order valence-corrected chi connectivity index (χ3v) is 5.23. The molecule has 6 heteroatoms. The number of carbonyl (C=O) groups is 1. The molecule has 28 heavy (non-hydrogen) atoms. The maximum Gasteiger partial charge on any atom is 0.162 e. The molecular weight excluding hydrogens is 350 g/mol. The molecule has 0 fully saturated rings. The first kappa shape index (κ1) is 20.1. The topological polar surface area (TPSA) is 61.4 Å².